The Morgan fingerprint density at radius 1 is 1.18 bits per heavy atom. The minimum Gasteiger partial charge on any atom is -0.469 e. The SMILES string of the molecule is CC(C)(C)OC(=O)N1CCN(c2nc(C=O)nc3c2CCC(c2cccc4ccccc24)O3)CC1CC#N. The molecule has 0 radical (unpaired) electrons. The topological polar surface area (TPSA) is 109 Å². The van der Waals surface area contributed by atoms with E-state index in [-0.39, 0.29) is 24.4 Å². The van der Waals surface area contributed by atoms with Crippen molar-refractivity contribution in [3.05, 3.63) is 59.4 Å². The average molecular weight is 514 g/mol. The predicted molar refractivity (Wildman–Crippen MR) is 142 cm³/mol. The lowest BCUT2D eigenvalue weighted by molar-refractivity contribution is 0.0144. The van der Waals surface area contributed by atoms with Gasteiger partial charge in [-0.1, -0.05) is 42.5 Å². The Kier molecular flexibility index (Phi) is 6.89. The number of nitriles is 1. The van der Waals surface area contributed by atoms with E-state index in [9.17, 15) is 14.9 Å². The summed E-state index contributed by atoms with van der Waals surface area (Å²) in [6.07, 6.45) is 1.55. The monoisotopic (exact) mass is 513 g/mol. The van der Waals surface area contributed by atoms with Crippen molar-refractivity contribution >= 4 is 29.0 Å². The molecule has 38 heavy (non-hydrogen) atoms. The van der Waals surface area contributed by atoms with Gasteiger partial charge in [0.15, 0.2) is 12.1 Å². The number of hydrogen-bond acceptors (Lipinski definition) is 8. The van der Waals surface area contributed by atoms with Gasteiger partial charge in [-0.05, 0) is 44.4 Å². The first-order chi connectivity index (χ1) is 18.3. The Morgan fingerprint density at radius 2 is 1.97 bits per heavy atom. The van der Waals surface area contributed by atoms with Gasteiger partial charge in [0, 0.05) is 25.2 Å². The van der Waals surface area contributed by atoms with Gasteiger partial charge in [0.25, 0.3) is 0 Å². The highest BCUT2D eigenvalue weighted by atomic mass is 16.6. The molecular weight excluding hydrogens is 482 g/mol. The highest BCUT2D eigenvalue weighted by Gasteiger charge is 2.36. The molecule has 2 unspecified atom stereocenters. The number of fused-ring (bicyclic) bond motifs is 2. The fraction of sp³-hybridized carbons (Fsp3) is 0.414. The van der Waals surface area contributed by atoms with Gasteiger partial charge in [-0.2, -0.15) is 10.2 Å². The number of anilines is 1. The molecule has 2 aromatic carbocycles. The van der Waals surface area contributed by atoms with Gasteiger partial charge in [0.2, 0.25) is 5.88 Å². The molecule has 3 aromatic rings. The molecule has 1 amide bonds. The number of piperazine rings is 1. The van der Waals surface area contributed by atoms with Crippen molar-refractivity contribution in [1.29, 1.82) is 5.26 Å². The highest BCUT2D eigenvalue weighted by Crippen LogP contribution is 2.40. The summed E-state index contributed by atoms with van der Waals surface area (Å²) in [7, 11) is 0. The third-order valence-electron chi connectivity index (χ3n) is 6.89. The van der Waals surface area contributed by atoms with Gasteiger partial charge < -0.3 is 19.3 Å². The van der Waals surface area contributed by atoms with Crippen LogP contribution in [0, 0.1) is 11.3 Å². The fourth-order valence-corrected chi connectivity index (χ4v) is 5.21. The molecule has 0 spiro atoms. The molecule has 1 aromatic heterocycles. The standard InChI is InChI=1S/C29H31N5O4/c1-29(2,3)38-28(36)34-16-15-33(17-20(34)13-14-30)26-23-11-12-24(37-27(23)32-25(18-35)31-26)22-10-6-8-19-7-4-5-9-21(19)22/h4-10,18,20,24H,11-13,15-17H2,1-3H3. The van der Waals surface area contributed by atoms with E-state index >= 15 is 0 Å². The molecule has 0 N–H and O–H groups in total. The number of benzene rings is 2. The lowest BCUT2D eigenvalue weighted by atomic mass is 9.94. The summed E-state index contributed by atoms with van der Waals surface area (Å²) in [5, 5.41) is 11.7. The van der Waals surface area contributed by atoms with E-state index in [4.69, 9.17) is 9.47 Å². The van der Waals surface area contributed by atoms with Crippen molar-refractivity contribution < 1.29 is 19.1 Å². The van der Waals surface area contributed by atoms with Gasteiger partial charge in [0.1, 0.15) is 17.5 Å². The molecule has 9 heteroatoms. The minimum atomic E-state index is -0.631. The zero-order chi connectivity index (χ0) is 26.9. The molecule has 2 aliphatic heterocycles. The molecule has 1 fully saturated rings. The van der Waals surface area contributed by atoms with Crippen molar-refractivity contribution in [1.82, 2.24) is 14.9 Å². The molecule has 1 saturated heterocycles. The van der Waals surface area contributed by atoms with E-state index in [0.29, 0.717) is 44.0 Å². The summed E-state index contributed by atoms with van der Waals surface area (Å²) >= 11 is 0. The summed E-state index contributed by atoms with van der Waals surface area (Å²) in [6, 6.07) is 16.2. The number of rotatable bonds is 4. The molecule has 2 aliphatic rings. The number of ether oxygens (including phenoxy) is 2. The fourth-order valence-electron chi connectivity index (χ4n) is 5.21. The van der Waals surface area contributed by atoms with E-state index < -0.39 is 11.7 Å². The quantitative estimate of drug-likeness (QED) is 0.456. The van der Waals surface area contributed by atoms with E-state index in [1.54, 1.807) is 4.90 Å². The lowest BCUT2D eigenvalue weighted by Crippen LogP contribution is -2.56. The van der Waals surface area contributed by atoms with Crippen molar-refractivity contribution in [3.8, 4) is 11.9 Å². The average Bonchev–Trinajstić information content (AvgIpc) is 2.91. The van der Waals surface area contributed by atoms with Crippen LogP contribution in [-0.2, 0) is 11.2 Å². The number of carbonyl (C=O) groups is 2. The van der Waals surface area contributed by atoms with Crippen molar-refractivity contribution in [3.63, 3.8) is 0 Å². The summed E-state index contributed by atoms with van der Waals surface area (Å²) in [5.41, 5.74) is 1.30. The third kappa shape index (κ3) is 5.12. The number of hydrogen-bond donors (Lipinski definition) is 0. The van der Waals surface area contributed by atoms with Crippen LogP contribution in [0.2, 0.25) is 0 Å². The smallest absolute Gasteiger partial charge is 0.410 e. The molecule has 5 rings (SSSR count). The molecule has 0 aliphatic carbocycles. The maximum atomic E-state index is 12.8. The van der Waals surface area contributed by atoms with Gasteiger partial charge in [-0.15, -0.1) is 0 Å². The zero-order valence-electron chi connectivity index (χ0n) is 21.9. The van der Waals surface area contributed by atoms with Crippen LogP contribution in [0.1, 0.15) is 61.5 Å². The highest BCUT2D eigenvalue weighted by molar-refractivity contribution is 5.86. The van der Waals surface area contributed by atoms with Crippen LogP contribution >= 0.6 is 0 Å². The van der Waals surface area contributed by atoms with E-state index in [1.165, 1.54) is 0 Å². The summed E-state index contributed by atoms with van der Waals surface area (Å²) in [4.78, 5) is 37.2. The molecule has 3 heterocycles. The van der Waals surface area contributed by atoms with Crippen molar-refractivity contribution in [2.45, 2.75) is 57.8 Å². The van der Waals surface area contributed by atoms with Crippen LogP contribution in [0.4, 0.5) is 10.6 Å². The second-order valence-corrected chi connectivity index (χ2v) is 10.7. The van der Waals surface area contributed by atoms with Crippen LogP contribution in [0.3, 0.4) is 0 Å². The summed E-state index contributed by atoms with van der Waals surface area (Å²) in [5.74, 6) is 1.08. The van der Waals surface area contributed by atoms with Crippen LogP contribution in [-0.4, -0.2) is 58.5 Å². The Bertz CT molecular complexity index is 1410. The number of carbonyl (C=O) groups excluding carboxylic acids is 2. The van der Waals surface area contributed by atoms with Gasteiger partial charge in [-0.3, -0.25) is 4.79 Å². The van der Waals surface area contributed by atoms with Crippen molar-refractivity contribution in [2.75, 3.05) is 24.5 Å². The molecular formula is C29H31N5O4. The molecule has 196 valence electrons. The van der Waals surface area contributed by atoms with Gasteiger partial charge >= 0.3 is 6.09 Å². The minimum absolute atomic E-state index is 0.0451. The number of amides is 1. The zero-order valence-corrected chi connectivity index (χ0v) is 21.9. The molecule has 2 atom stereocenters. The van der Waals surface area contributed by atoms with E-state index in [2.05, 4.69) is 40.3 Å². The molecule has 9 nitrogen and oxygen atoms in total. The Balaban J connectivity index is 1.43. The first kappa shape index (κ1) is 25.5. The van der Waals surface area contributed by atoms with E-state index in [1.807, 2.05) is 43.9 Å². The van der Waals surface area contributed by atoms with Crippen LogP contribution in [0.5, 0.6) is 5.88 Å². The van der Waals surface area contributed by atoms with Gasteiger partial charge in [0.05, 0.1) is 24.1 Å². The second kappa shape index (κ2) is 10.3. The molecule has 0 bridgehead atoms. The first-order valence-electron chi connectivity index (χ1n) is 12.9. The second-order valence-electron chi connectivity index (χ2n) is 10.7. The lowest BCUT2D eigenvalue weighted by Gasteiger charge is -2.42. The number of nitrogens with zero attached hydrogens (tertiary/aromatic N) is 5. The largest absolute Gasteiger partial charge is 0.469 e. The number of aromatic nitrogens is 2. The van der Waals surface area contributed by atoms with Crippen LogP contribution in [0.15, 0.2) is 42.5 Å². The normalized spacial score (nSPS) is 19.3. The third-order valence-corrected chi connectivity index (χ3v) is 6.89. The summed E-state index contributed by atoms with van der Waals surface area (Å²) < 4.78 is 12.0. The Hall–Kier alpha value is -4.19. The Morgan fingerprint density at radius 3 is 2.74 bits per heavy atom. The van der Waals surface area contributed by atoms with Crippen LogP contribution < -0.4 is 9.64 Å². The van der Waals surface area contributed by atoms with E-state index in [0.717, 1.165) is 28.3 Å². The maximum Gasteiger partial charge on any atom is 0.410 e. The number of aldehydes is 1. The maximum absolute atomic E-state index is 12.8. The predicted octanol–water partition coefficient (Wildman–Crippen LogP) is 4.85. The van der Waals surface area contributed by atoms with Crippen molar-refractivity contribution in [2.24, 2.45) is 0 Å². The summed E-state index contributed by atoms with van der Waals surface area (Å²) in [6.45, 7) is 6.70. The Labute approximate surface area is 222 Å². The molecule has 0 saturated carbocycles. The van der Waals surface area contributed by atoms with Gasteiger partial charge in [-0.25, -0.2) is 9.78 Å². The van der Waals surface area contributed by atoms with Crippen LogP contribution in [0.25, 0.3) is 10.8 Å². The first-order valence-corrected chi connectivity index (χ1v) is 12.9.